The van der Waals surface area contributed by atoms with Crippen molar-refractivity contribution in [3.63, 3.8) is 0 Å². The van der Waals surface area contributed by atoms with Crippen LogP contribution in [0.1, 0.15) is 22.8 Å². The molecule has 3 heteroatoms. The smallest absolute Gasteiger partial charge is 0.161 e. The molecule has 0 aliphatic carbocycles. The van der Waals surface area contributed by atoms with E-state index in [2.05, 4.69) is 4.98 Å². The van der Waals surface area contributed by atoms with Crippen molar-refractivity contribution in [2.24, 2.45) is 0 Å². The molecule has 0 N–H and O–H groups in total. The first-order valence-electron chi connectivity index (χ1n) is 3.25. The van der Waals surface area contributed by atoms with Crippen molar-refractivity contribution in [1.29, 1.82) is 0 Å². The van der Waals surface area contributed by atoms with Crippen LogP contribution >= 0.6 is 11.6 Å². The van der Waals surface area contributed by atoms with Gasteiger partial charge in [-0.2, -0.15) is 0 Å². The second-order valence-electron chi connectivity index (χ2n) is 2.27. The topological polar surface area (TPSA) is 30.0 Å². The fourth-order valence-corrected chi connectivity index (χ4v) is 0.899. The third-order valence-corrected chi connectivity index (χ3v) is 1.66. The molecule has 1 aromatic rings. The van der Waals surface area contributed by atoms with Crippen LogP contribution in [0, 0.1) is 0 Å². The van der Waals surface area contributed by atoms with Crippen molar-refractivity contribution >= 4 is 17.4 Å². The number of nitrogens with zero attached hydrogens (tertiary/aromatic N) is 1. The number of aromatic nitrogens is 1. The van der Waals surface area contributed by atoms with E-state index in [1.807, 2.05) is 0 Å². The van der Waals surface area contributed by atoms with Crippen LogP contribution in [0.4, 0.5) is 0 Å². The highest BCUT2D eigenvalue weighted by molar-refractivity contribution is 6.17. The van der Waals surface area contributed by atoms with Gasteiger partial charge in [-0.3, -0.25) is 9.78 Å². The molecule has 0 bridgehead atoms. The Balaban J connectivity index is 3.01. The van der Waals surface area contributed by atoms with E-state index in [1.165, 1.54) is 6.92 Å². The first-order chi connectivity index (χ1) is 5.24. The lowest BCUT2D eigenvalue weighted by Gasteiger charge is -1.96. The Morgan fingerprint density at radius 3 is 2.91 bits per heavy atom. The maximum absolute atomic E-state index is 10.8. The summed E-state index contributed by atoms with van der Waals surface area (Å²) in [7, 11) is 0. The van der Waals surface area contributed by atoms with Gasteiger partial charge in [-0.1, -0.05) is 0 Å². The summed E-state index contributed by atoms with van der Waals surface area (Å²) in [6.07, 6.45) is 3.19. The normalized spacial score (nSPS) is 9.64. The molecule has 0 amide bonds. The number of carbonyl (C=O) groups excluding carboxylic acids is 1. The molecular formula is C8H8ClNO. The molecule has 0 radical (unpaired) electrons. The summed E-state index contributed by atoms with van der Waals surface area (Å²) in [5.41, 5.74) is 1.49. The highest BCUT2D eigenvalue weighted by Crippen LogP contribution is 2.05. The molecule has 2 nitrogen and oxygen atoms in total. The van der Waals surface area contributed by atoms with E-state index < -0.39 is 0 Å². The summed E-state index contributed by atoms with van der Waals surface area (Å²) in [6, 6.07) is 1.75. The number of Topliss-reactive ketones (excluding diaryl/α,β-unsaturated/α-hetero) is 1. The third kappa shape index (κ3) is 2.02. The van der Waals surface area contributed by atoms with E-state index in [9.17, 15) is 4.79 Å². The van der Waals surface area contributed by atoms with E-state index >= 15 is 0 Å². The van der Waals surface area contributed by atoms with Crippen molar-refractivity contribution in [3.05, 3.63) is 29.6 Å². The molecule has 0 fully saturated rings. The van der Waals surface area contributed by atoms with E-state index in [-0.39, 0.29) is 5.78 Å². The molecule has 0 saturated carbocycles. The average Bonchev–Trinajstić information content (AvgIpc) is 2.05. The largest absolute Gasteiger partial charge is 0.294 e. The summed E-state index contributed by atoms with van der Waals surface area (Å²) in [5, 5.41) is 0. The van der Waals surface area contributed by atoms with Crippen LogP contribution in [0.2, 0.25) is 0 Å². The maximum Gasteiger partial charge on any atom is 0.161 e. The Kier molecular flexibility index (Phi) is 2.60. The lowest BCUT2D eigenvalue weighted by Crippen LogP contribution is -1.94. The minimum atomic E-state index is 0.0180. The Bertz CT molecular complexity index is 273. The zero-order chi connectivity index (χ0) is 8.27. The number of hydrogen-bond donors (Lipinski definition) is 0. The molecule has 11 heavy (non-hydrogen) atoms. The van der Waals surface area contributed by atoms with Gasteiger partial charge in [0.1, 0.15) is 0 Å². The predicted molar refractivity (Wildman–Crippen MR) is 43.8 cm³/mol. The summed E-state index contributed by atoms with van der Waals surface area (Å²) in [6.45, 7) is 1.51. The van der Waals surface area contributed by atoms with Crippen LogP contribution in [0.15, 0.2) is 18.5 Å². The van der Waals surface area contributed by atoms with Gasteiger partial charge in [0.2, 0.25) is 0 Å². The molecule has 0 saturated heterocycles. The van der Waals surface area contributed by atoms with Gasteiger partial charge in [-0.15, -0.1) is 11.6 Å². The first-order valence-corrected chi connectivity index (χ1v) is 3.78. The summed E-state index contributed by atoms with van der Waals surface area (Å²) < 4.78 is 0. The standard InChI is InChI=1S/C8H8ClNO/c1-6(11)8-2-7(3-9)4-10-5-8/h2,4-5H,3H2,1H3. The van der Waals surface area contributed by atoms with Crippen LogP contribution < -0.4 is 0 Å². The molecule has 0 spiro atoms. The molecular weight excluding hydrogens is 162 g/mol. The van der Waals surface area contributed by atoms with Crippen LogP contribution in [-0.2, 0) is 5.88 Å². The van der Waals surface area contributed by atoms with Crippen molar-refractivity contribution < 1.29 is 4.79 Å². The second-order valence-corrected chi connectivity index (χ2v) is 2.54. The lowest BCUT2D eigenvalue weighted by atomic mass is 10.2. The number of carbonyl (C=O) groups is 1. The van der Waals surface area contributed by atoms with Crippen LogP contribution in [0.3, 0.4) is 0 Å². The molecule has 0 aromatic carbocycles. The Hall–Kier alpha value is -0.890. The number of alkyl halides is 1. The fraction of sp³-hybridized carbons (Fsp3) is 0.250. The average molecular weight is 170 g/mol. The zero-order valence-corrected chi connectivity index (χ0v) is 6.93. The van der Waals surface area contributed by atoms with Crippen molar-refractivity contribution in [2.75, 3.05) is 0 Å². The van der Waals surface area contributed by atoms with Gasteiger partial charge in [0.05, 0.1) is 0 Å². The minimum absolute atomic E-state index is 0.0180. The van der Waals surface area contributed by atoms with Crippen LogP contribution in [0.5, 0.6) is 0 Å². The fourth-order valence-electron chi connectivity index (χ4n) is 0.753. The number of ketones is 1. The van der Waals surface area contributed by atoms with E-state index in [1.54, 1.807) is 18.5 Å². The van der Waals surface area contributed by atoms with Gasteiger partial charge in [0.15, 0.2) is 5.78 Å². The molecule has 0 atom stereocenters. The van der Waals surface area contributed by atoms with Crippen LogP contribution in [-0.4, -0.2) is 10.8 Å². The molecule has 1 heterocycles. The van der Waals surface area contributed by atoms with Gasteiger partial charge < -0.3 is 0 Å². The number of rotatable bonds is 2. The van der Waals surface area contributed by atoms with Crippen molar-refractivity contribution in [3.8, 4) is 0 Å². The number of pyridine rings is 1. The van der Waals surface area contributed by atoms with Gasteiger partial charge in [0, 0.05) is 23.8 Å². The predicted octanol–water partition coefficient (Wildman–Crippen LogP) is 2.02. The van der Waals surface area contributed by atoms with Gasteiger partial charge in [0.25, 0.3) is 0 Å². The van der Waals surface area contributed by atoms with Gasteiger partial charge in [-0.05, 0) is 18.6 Å². The zero-order valence-electron chi connectivity index (χ0n) is 6.17. The quantitative estimate of drug-likeness (QED) is 0.501. The second kappa shape index (κ2) is 3.49. The van der Waals surface area contributed by atoms with E-state index in [0.717, 1.165) is 5.56 Å². The molecule has 1 aromatic heterocycles. The highest BCUT2D eigenvalue weighted by atomic mass is 35.5. The third-order valence-electron chi connectivity index (χ3n) is 1.36. The summed E-state index contributed by atoms with van der Waals surface area (Å²) >= 11 is 5.55. The van der Waals surface area contributed by atoms with Gasteiger partial charge >= 0.3 is 0 Å². The van der Waals surface area contributed by atoms with Gasteiger partial charge in [-0.25, -0.2) is 0 Å². The minimum Gasteiger partial charge on any atom is -0.294 e. The number of halogens is 1. The molecule has 0 aliphatic heterocycles. The van der Waals surface area contributed by atoms with E-state index in [4.69, 9.17) is 11.6 Å². The highest BCUT2D eigenvalue weighted by Gasteiger charge is 1.99. The molecule has 0 unspecified atom stereocenters. The van der Waals surface area contributed by atoms with E-state index in [0.29, 0.717) is 11.4 Å². The first kappa shape index (κ1) is 8.21. The Morgan fingerprint density at radius 2 is 2.36 bits per heavy atom. The molecule has 0 aliphatic rings. The van der Waals surface area contributed by atoms with Crippen LogP contribution in [0.25, 0.3) is 0 Å². The maximum atomic E-state index is 10.8. The Labute approximate surface area is 70.2 Å². The summed E-state index contributed by atoms with van der Waals surface area (Å²) in [4.78, 5) is 14.7. The SMILES string of the molecule is CC(=O)c1cncc(CCl)c1. The van der Waals surface area contributed by atoms with Crippen molar-refractivity contribution in [1.82, 2.24) is 4.98 Å². The Morgan fingerprint density at radius 1 is 1.64 bits per heavy atom. The number of hydrogen-bond acceptors (Lipinski definition) is 2. The summed E-state index contributed by atoms with van der Waals surface area (Å²) in [5.74, 6) is 0.415. The molecule has 58 valence electrons. The monoisotopic (exact) mass is 169 g/mol. The lowest BCUT2D eigenvalue weighted by molar-refractivity contribution is 0.101. The van der Waals surface area contributed by atoms with Crippen molar-refractivity contribution in [2.45, 2.75) is 12.8 Å². The molecule has 1 rings (SSSR count).